The van der Waals surface area contributed by atoms with Crippen molar-refractivity contribution in [2.75, 3.05) is 11.9 Å². The fourth-order valence-corrected chi connectivity index (χ4v) is 4.58. The molecule has 1 saturated carbocycles. The third-order valence-corrected chi connectivity index (χ3v) is 6.33. The fourth-order valence-electron chi connectivity index (χ4n) is 4.58. The van der Waals surface area contributed by atoms with E-state index in [0.717, 1.165) is 60.2 Å². The van der Waals surface area contributed by atoms with Gasteiger partial charge >= 0.3 is 0 Å². The fraction of sp³-hybridized carbons (Fsp3) is 0.423. The van der Waals surface area contributed by atoms with Gasteiger partial charge in [-0.25, -0.2) is 4.98 Å². The van der Waals surface area contributed by atoms with E-state index >= 15 is 0 Å². The van der Waals surface area contributed by atoms with Gasteiger partial charge in [-0.15, -0.1) is 0 Å². The molecule has 1 aliphatic carbocycles. The summed E-state index contributed by atoms with van der Waals surface area (Å²) in [4.78, 5) is 30.1. The number of amides is 2. The van der Waals surface area contributed by atoms with E-state index in [1.165, 1.54) is 6.42 Å². The average molecular weight is 433 g/mol. The Kier molecular flexibility index (Phi) is 7.20. The minimum absolute atomic E-state index is 0.0819. The minimum atomic E-state index is -0.0819. The number of nitrogens with zero attached hydrogens (tertiary/aromatic N) is 2. The van der Waals surface area contributed by atoms with Crippen molar-refractivity contribution in [2.45, 2.75) is 58.4 Å². The summed E-state index contributed by atoms with van der Waals surface area (Å²) < 4.78 is 1.96. The largest absolute Gasteiger partial charge is 0.355 e. The van der Waals surface area contributed by atoms with E-state index < -0.39 is 0 Å². The Labute approximate surface area is 189 Å². The smallest absolute Gasteiger partial charge is 0.244 e. The van der Waals surface area contributed by atoms with Crippen molar-refractivity contribution in [3.63, 3.8) is 0 Å². The van der Waals surface area contributed by atoms with Gasteiger partial charge in [0.2, 0.25) is 11.8 Å². The van der Waals surface area contributed by atoms with Crippen LogP contribution in [-0.4, -0.2) is 27.9 Å². The number of hydrogen-bond donors (Lipinski definition) is 2. The average Bonchev–Trinajstić information content (AvgIpc) is 3.17. The minimum Gasteiger partial charge on any atom is -0.355 e. The summed E-state index contributed by atoms with van der Waals surface area (Å²) in [5, 5.41) is 6.14. The molecule has 32 heavy (non-hydrogen) atoms. The highest BCUT2D eigenvalue weighted by molar-refractivity contribution is 5.92. The van der Waals surface area contributed by atoms with Gasteiger partial charge in [-0.3, -0.25) is 9.59 Å². The molecule has 4 rings (SSSR count). The van der Waals surface area contributed by atoms with E-state index in [1.54, 1.807) is 0 Å². The first-order chi connectivity index (χ1) is 15.7. The van der Waals surface area contributed by atoms with E-state index in [-0.39, 0.29) is 24.3 Å². The van der Waals surface area contributed by atoms with Crippen LogP contribution in [0.15, 0.2) is 48.5 Å². The van der Waals surface area contributed by atoms with Crippen molar-refractivity contribution in [2.24, 2.45) is 5.92 Å². The van der Waals surface area contributed by atoms with Crippen LogP contribution < -0.4 is 10.6 Å². The summed E-state index contributed by atoms with van der Waals surface area (Å²) in [6.45, 7) is 2.79. The van der Waals surface area contributed by atoms with Crippen LogP contribution in [0.4, 0.5) is 5.69 Å². The van der Waals surface area contributed by atoms with Gasteiger partial charge in [0.1, 0.15) is 12.4 Å². The first-order valence-corrected chi connectivity index (χ1v) is 11.8. The molecule has 0 radical (unpaired) electrons. The number of anilines is 1. The summed E-state index contributed by atoms with van der Waals surface area (Å²) in [6.07, 6.45) is 6.95. The molecule has 6 nitrogen and oxygen atoms in total. The number of nitrogens with one attached hydrogen (secondary N) is 2. The number of para-hydroxylation sites is 3. The zero-order chi connectivity index (χ0) is 22.3. The van der Waals surface area contributed by atoms with Gasteiger partial charge < -0.3 is 15.2 Å². The SMILES string of the molecule is CCc1ccccc1NC(=O)Cn1c(CCNC(=O)C2CCCCC2)nc2ccccc21. The second-order valence-corrected chi connectivity index (χ2v) is 8.54. The molecule has 2 amide bonds. The number of aryl methyl sites for hydroxylation is 1. The second kappa shape index (κ2) is 10.4. The molecule has 0 saturated heterocycles. The van der Waals surface area contributed by atoms with E-state index in [0.29, 0.717) is 13.0 Å². The number of imidazole rings is 1. The summed E-state index contributed by atoms with van der Waals surface area (Å²) in [5.74, 6) is 1.03. The Morgan fingerprint density at radius 2 is 1.78 bits per heavy atom. The molecule has 1 fully saturated rings. The topological polar surface area (TPSA) is 76.0 Å². The monoisotopic (exact) mass is 432 g/mol. The van der Waals surface area contributed by atoms with Gasteiger partial charge in [0.05, 0.1) is 11.0 Å². The van der Waals surface area contributed by atoms with Crippen LogP contribution >= 0.6 is 0 Å². The Bertz CT molecular complexity index is 1080. The summed E-state index contributed by atoms with van der Waals surface area (Å²) in [5.41, 5.74) is 3.76. The van der Waals surface area contributed by atoms with E-state index in [1.807, 2.05) is 53.1 Å². The maximum absolute atomic E-state index is 12.9. The molecule has 0 atom stereocenters. The molecule has 1 heterocycles. The Morgan fingerprint density at radius 1 is 1.03 bits per heavy atom. The molecular formula is C26H32N4O2. The predicted octanol–water partition coefficient (Wildman–Crippen LogP) is 4.48. The third kappa shape index (κ3) is 5.18. The van der Waals surface area contributed by atoms with Crippen LogP contribution in [-0.2, 0) is 29.0 Å². The van der Waals surface area contributed by atoms with Gasteiger partial charge in [-0.1, -0.05) is 56.5 Å². The van der Waals surface area contributed by atoms with Crippen molar-refractivity contribution in [1.29, 1.82) is 0 Å². The lowest BCUT2D eigenvalue weighted by molar-refractivity contribution is -0.125. The highest BCUT2D eigenvalue weighted by atomic mass is 16.2. The summed E-state index contributed by atoms with van der Waals surface area (Å²) >= 11 is 0. The zero-order valence-electron chi connectivity index (χ0n) is 18.8. The zero-order valence-corrected chi connectivity index (χ0v) is 18.8. The number of carbonyl (C=O) groups is 2. The molecule has 1 aromatic heterocycles. The number of fused-ring (bicyclic) bond motifs is 1. The molecule has 6 heteroatoms. The van der Waals surface area contributed by atoms with Crippen LogP contribution in [0, 0.1) is 5.92 Å². The summed E-state index contributed by atoms with van der Waals surface area (Å²) in [6, 6.07) is 15.7. The predicted molar refractivity (Wildman–Crippen MR) is 127 cm³/mol. The van der Waals surface area contributed by atoms with Crippen LogP contribution in [0.25, 0.3) is 11.0 Å². The first kappa shape index (κ1) is 22.1. The van der Waals surface area contributed by atoms with Gasteiger partial charge in [-0.2, -0.15) is 0 Å². The van der Waals surface area contributed by atoms with Crippen molar-refractivity contribution >= 4 is 28.5 Å². The van der Waals surface area contributed by atoms with Gasteiger partial charge in [0.15, 0.2) is 0 Å². The number of aromatic nitrogens is 2. The van der Waals surface area contributed by atoms with Gasteiger partial charge in [-0.05, 0) is 43.0 Å². The first-order valence-electron chi connectivity index (χ1n) is 11.8. The molecule has 2 N–H and O–H groups in total. The highest BCUT2D eigenvalue weighted by Gasteiger charge is 2.21. The van der Waals surface area contributed by atoms with Gasteiger partial charge in [0.25, 0.3) is 0 Å². The van der Waals surface area contributed by atoms with Crippen LogP contribution in [0.1, 0.15) is 50.4 Å². The molecular weight excluding hydrogens is 400 g/mol. The van der Waals surface area contributed by atoms with Crippen molar-refractivity contribution in [1.82, 2.24) is 14.9 Å². The van der Waals surface area contributed by atoms with Crippen molar-refractivity contribution < 1.29 is 9.59 Å². The molecule has 0 aliphatic heterocycles. The van der Waals surface area contributed by atoms with Crippen LogP contribution in [0.3, 0.4) is 0 Å². The molecule has 0 unspecified atom stereocenters. The van der Waals surface area contributed by atoms with E-state index in [4.69, 9.17) is 4.98 Å². The molecule has 1 aliphatic rings. The number of benzene rings is 2. The lowest BCUT2D eigenvalue weighted by atomic mass is 9.89. The lowest BCUT2D eigenvalue weighted by Gasteiger charge is -2.20. The molecule has 0 bridgehead atoms. The quantitative estimate of drug-likeness (QED) is 0.551. The summed E-state index contributed by atoms with van der Waals surface area (Å²) in [7, 11) is 0. The molecule has 3 aromatic rings. The molecule has 0 spiro atoms. The normalized spacial score (nSPS) is 14.4. The van der Waals surface area contributed by atoms with E-state index in [2.05, 4.69) is 17.6 Å². The Hall–Kier alpha value is -3.15. The van der Waals surface area contributed by atoms with Crippen LogP contribution in [0.5, 0.6) is 0 Å². The number of carbonyl (C=O) groups excluding carboxylic acids is 2. The van der Waals surface area contributed by atoms with Gasteiger partial charge in [0, 0.05) is 24.6 Å². The highest BCUT2D eigenvalue weighted by Crippen LogP contribution is 2.23. The standard InChI is InChI=1S/C26H32N4O2/c1-2-19-10-6-7-13-21(19)29-25(31)18-30-23-15-9-8-14-22(23)28-24(30)16-17-27-26(32)20-11-4-3-5-12-20/h6-10,13-15,20H,2-5,11-12,16-18H2,1H3,(H,27,32)(H,29,31). The van der Waals surface area contributed by atoms with Crippen LogP contribution in [0.2, 0.25) is 0 Å². The number of rotatable bonds is 8. The Morgan fingerprint density at radius 3 is 2.59 bits per heavy atom. The lowest BCUT2D eigenvalue weighted by Crippen LogP contribution is -2.33. The van der Waals surface area contributed by atoms with E-state index in [9.17, 15) is 9.59 Å². The van der Waals surface area contributed by atoms with Crippen molar-refractivity contribution in [3.05, 3.63) is 59.9 Å². The molecule has 168 valence electrons. The maximum atomic E-state index is 12.9. The maximum Gasteiger partial charge on any atom is 0.244 e. The second-order valence-electron chi connectivity index (χ2n) is 8.54. The number of hydrogen-bond acceptors (Lipinski definition) is 3. The Balaban J connectivity index is 1.45. The third-order valence-electron chi connectivity index (χ3n) is 6.33. The molecule has 2 aromatic carbocycles. The van der Waals surface area contributed by atoms with Crippen molar-refractivity contribution in [3.8, 4) is 0 Å².